The first-order chi connectivity index (χ1) is 12.3. The first-order valence-corrected chi connectivity index (χ1v) is 8.39. The van der Waals surface area contributed by atoms with Gasteiger partial charge in [-0.2, -0.15) is 0 Å². The molecule has 6 N–H and O–H groups in total. The van der Waals surface area contributed by atoms with Crippen molar-refractivity contribution in [2.75, 3.05) is 0 Å². The van der Waals surface area contributed by atoms with Gasteiger partial charge in [0.05, 0.1) is 26.4 Å². The molecule has 0 unspecified atom stereocenters. The molecule has 2 rings (SSSR count). The summed E-state index contributed by atoms with van der Waals surface area (Å²) in [5.74, 6) is -0.212. The van der Waals surface area contributed by atoms with Crippen LogP contribution in [0.3, 0.4) is 0 Å². The summed E-state index contributed by atoms with van der Waals surface area (Å²) in [5, 5.41) is 57.8. The van der Waals surface area contributed by atoms with Gasteiger partial charge in [0.1, 0.15) is 11.5 Å². The monoisotopic (exact) mass is 362 g/mol. The second-order valence-corrected chi connectivity index (χ2v) is 7.10. The van der Waals surface area contributed by atoms with Crippen molar-refractivity contribution in [3.63, 3.8) is 0 Å². The molecule has 0 saturated carbocycles. The smallest absolute Gasteiger partial charge is 0.126 e. The molecule has 0 aliphatic heterocycles. The summed E-state index contributed by atoms with van der Waals surface area (Å²) in [6.07, 6.45) is 0.522. The minimum absolute atomic E-state index is 0.105. The number of hydrogen-bond donors (Lipinski definition) is 6. The van der Waals surface area contributed by atoms with E-state index < -0.39 is 5.41 Å². The fourth-order valence-corrected chi connectivity index (χ4v) is 3.18. The van der Waals surface area contributed by atoms with Crippen molar-refractivity contribution >= 4 is 0 Å². The number of rotatable bonds is 7. The zero-order valence-electron chi connectivity index (χ0n) is 15.0. The summed E-state index contributed by atoms with van der Waals surface area (Å²) >= 11 is 0. The maximum atomic E-state index is 10.0. The largest absolute Gasteiger partial charge is 0.507 e. The topological polar surface area (TPSA) is 121 Å². The Morgan fingerprint density at radius 3 is 1.35 bits per heavy atom. The lowest BCUT2D eigenvalue weighted by Gasteiger charge is -2.28. The number of phenols is 2. The fourth-order valence-electron chi connectivity index (χ4n) is 3.18. The van der Waals surface area contributed by atoms with Gasteiger partial charge >= 0.3 is 0 Å². The highest BCUT2D eigenvalue weighted by Crippen LogP contribution is 2.35. The lowest BCUT2D eigenvalue weighted by Crippen LogP contribution is -2.21. The average molecular weight is 362 g/mol. The van der Waals surface area contributed by atoms with Crippen molar-refractivity contribution in [1.82, 2.24) is 0 Å². The predicted molar refractivity (Wildman–Crippen MR) is 96.6 cm³/mol. The molecule has 0 aliphatic rings. The Balaban J connectivity index is 2.46. The van der Waals surface area contributed by atoms with Crippen molar-refractivity contribution in [2.45, 2.75) is 52.1 Å². The van der Waals surface area contributed by atoms with Crippen LogP contribution in [0, 0.1) is 0 Å². The Morgan fingerprint density at radius 2 is 1.00 bits per heavy atom. The van der Waals surface area contributed by atoms with Gasteiger partial charge in [-0.05, 0) is 47.2 Å². The number of benzene rings is 2. The second kappa shape index (κ2) is 8.05. The normalized spacial score (nSPS) is 11.8. The Labute approximate surface area is 152 Å². The number of aliphatic hydroxyl groups is 4. The van der Waals surface area contributed by atoms with Gasteiger partial charge in [-0.3, -0.25) is 0 Å². The van der Waals surface area contributed by atoms with Gasteiger partial charge in [0.15, 0.2) is 0 Å². The van der Waals surface area contributed by atoms with Gasteiger partial charge in [-0.15, -0.1) is 0 Å². The van der Waals surface area contributed by atoms with Crippen molar-refractivity contribution in [2.24, 2.45) is 0 Å². The quantitative estimate of drug-likeness (QED) is 0.445. The third-order valence-electron chi connectivity index (χ3n) is 4.70. The van der Waals surface area contributed by atoms with Crippen LogP contribution >= 0.6 is 0 Å². The lowest BCUT2D eigenvalue weighted by atomic mass is 9.77. The van der Waals surface area contributed by atoms with E-state index in [9.17, 15) is 30.6 Å². The Hall–Kier alpha value is -2.12. The molecule has 0 heterocycles. The minimum Gasteiger partial charge on any atom is -0.507 e. The predicted octanol–water partition coefficient (Wildman–Crippen LogP) is 1.59. The molecule has 142 valence electrons. The average Bonchev–Trinajstić information content (AvgIpc) is 2.62. The van der Waals surface area contributed by atoms with Crippen LogP contribution in [0.2, 0.25) is 0 Å². The van der Waals surface area contributed by atoms with E-state index in [1.807, 2.05) is 13.8 Å². The van der Waals surface area contributed by atoms with Crippen molar-refractivity contribution < 1.29 is 30.6 Å². The maximum absolute atomic E-state index is 10.0. The van der Waals surface area contributed by atoms with Crippen LogP contribution in [-0.4, -0.2) is 30.6 Å². The van der Waals surface area contributed by atoms with Crippen molar-refractivity contribution in [1.29, 1.82) is 0 Å². The molecule has 0 fully saturated rings. The Bertz CT molecular complexity index is 732. The van der Waals surface area contributed by atoms with Crippen LogP contribution in [0.15, 0.2) is 24.3 Å². The van der Waals surface area contributed by atoms with E-state index in [0.717, 1.165) is 11.1 Å². The maximum Gasteiger partial charge on any atom is 0.126 e. The highest BCUT2D eigenvalue weighted by molar-refractivity contribution is 5.47. The molecule has 0 radical (unpaired) electrons. The second-order valence-electron chi connectivity index (χ2n) is 7.10. The van der Waals surface area contributed by atoms with Gasteiger partial charge in [0.25, 0.3) is 0 Å². The molecule has 0 aromatic heterocycles. The summed E-state index contributed by atoms with van der Waals surface area (Å²) in [4.78, 5) is 0. The molecule has 0 saturated heterocycles. The van der Waals surface area contributed by atoms with E-state index in [2.05, 4.69) is 0 Å². The van der Waals surface area contributed by atoms with Crippen LogP contribution in [0.5, 0.6) is 11.5 Å². The zero-order chi connectivity index (χ0) is 19.5. The first-order valence-electron chi connectivity index (χ1n) is 8.39. The van der Waals surface area contributed by atoms with E-state index in [4.69, 9.17) is 0 Å². The summed E-state index contributed by atoms with van der Waals surface area (Å²) < 4.78 is 0. The van der Waals surface area contributed by atoms with Crippen LogP contribution < -0.4 is 0 Å². The number of aromatic hydroxyl groups is 2. The van der Waals surface area contributed by atoms with Crippen LogP contribution in [-0.2, 0) is 38.3 Å². The van der Waals surface area contributed by atoms with Crippen LogP contribution in [0.4, 0.5) is 0 Å². The summed E-state index contributed by atoms with van der Waals surface area (Å²) in [6.45, 7) is 2.60. The van der Waals surface area contributed by atoms with Gasteiger partial charge in [-0.1, -0.05) is 13.8 Å². The van der Waals surface area contributed by atoms with E-state index >= 15 is 0 Å². The van der Waals surface area contributed by atoms with Crippen molar-refractivity contribution in [3.05, 3.63) is 57.6 Å². The molecule has 0 spiro atoms. The molecule has 6 heteroatoms. The highest BCUT2D eigenvalue weighted by atomic mass is 16.3. The fraction of sp³-hybridized carbons (Fsp3) is 0.400. The molecular formula is C20H26O6. The Kier molecular flexibility index (Phi) is 6.26. The van der Waals surface area contributed by atoms with E-state index in [-0.39, 0.29) is 37.9 Å². The summed E-state index contributed by atoms with van der Waals surface area (Å²) in [6, 6.07) is 6.79. The van der Waals surface area contributed by atoms with Crippen molar-refractivity contribution in [3.8, 4) is 11.5 Å². The van der Waals surface area contributed by atoms with Gasteiger partial charge < -0.3 is 30.6 Å². The molecule has 0 amide bonds. The van der Waals surface area contributed by atoms with Gasteiger partial charge in [0, 0.05) is 22.3 Å². The molecule has 6 nitrogen and oxygen atoms in total. The van der Waals surface area contributed by atoms with E-state index in [1.54, 1.807) is 24.3 Å². The zero-order valence-corrected chi connectivity index (χ0v) is 15.0. The van der Waals surface area contributed by atoms with Crippen LogP contribution in [0.25, 0.3) is 0 Å². The minimum atomic E-state index is -0.433. The number of hydrogen-bond acceptors (Lipinski definition) is 6. The third kappa shape index (κ3) is 3.99. The summed E-state index contributed by atoms with van der Waals surface area (Å²) in [5.41, 5.74) is 2.60. The Morgan fingerprint density at radius 1 is 0.654 bits per heavy atom. The summed E-state index contributed by atoms with van der Waals surface area (Å²) in [7, 11) is 0. The van der Waals surface area contributed by atoms with E-state index in [1.165, 1.54) is 0 Å². The molecule has 0 atom stereocenters. The van der Waals surface area contributed by atoms with Gasteiger partial charge in [-0.25, -0.2) is 0 Å². The molecule has 2 aromatic carbocycles. The standard InChI is InChI=1S/C20H26O6/c1-20(2,17-5-15(10-23)19(26)16(6-17)11-24)7-12-3-13(8-21)18(25)14(4-12)9-22/h3-6,21-26H,7-11H2,1-2H3. The lowest BCUT2D eigenvalue weighted by molar-refractivity contribution is 0.262. The molecule has 0 bridgehead atoms. The number of aliphatic hydroxyl groups excluding tert-OH is 4. The SMILES string of the molecule is CC(C)(Cc1cc(CO)c(O)c(CO)c1)c1cc(CO)c(O)c(CO)c1. The highest BCUT2D eigenvalue weighted by Gasteiger charge is 2.25. The van der Waals surface area contributed by atoms with Crippen LogP contribution in [0.1, 0.15) is 47.2 Å². The molecular weight excluding hydrogens is 336 g/mol. The van der Waals surface area contributed by atoms with E-state index in [0.29, 0.717) is 28.7 Å². The molecule has 2 aromatic rings. The molecule has 0 aliphatic carbocycles. The molecule has 26 heavy (non-hydrogen) atoms. The third-order valence-corrected chi connectivity index (χ3v) is 4.70. The first kappa shape index (κ1) is 20.2. The van der Waals surface area contributed by atoms with Gasteiger partial charge in [0.2, 0.25) is 0 Å².